The molecule has 0 bridgehead atoms. The zero-order valence-corrected chi connectivity index (χ0v) is 14.8. The number of halogens is 3. The summed E-state index contributed by atoms with van der Waals surface area (Å²) in [5.74, 6) is -2.62. The Bertz CT molecular complexity index is 737. The standard InChI is InChI=1S/C19H19F3N2OS/c20-15-3-5-16(6-4-15)24-10-9-13(12-24)11-23-18(25)14-1-7-17(8-2-14)26-19(21)22/h1-8,13,19H,9-12H2,(H,23,25). The molecule has 1 fully saturated rings. The fraction of sp³-hybridized carbons (Fsp3) is 0.316. The second-order valence-electron chi connectivity index (χ2n) is 6.19. The van der Waals surface area contributed by atoms with E-state index in [1.807, 2.05) is 0 Å². The lowest BCUT2D eigenvalue weighted by atomic mass is 10.1. The third kappa shape index (κ3) is 4.94. The molecule has 1 aliphatic heterocycles. The molecule has 3 nitrogen and oxygen atoms in total. The Morgan fingerprint density at radius 2 is 1.85 bits per heavy atom. The van der Waals surface area contributed by atoms with E-state index in [1.165, 1.54) is 24.3 Å². The Hall–Kier alpha value is -2.15. The van der Waals surface area contributed by atoms with E-state index < -0.39 is 5.76 Å². The lowest BCUT2D eigenvalue weighted by Gasteiger charge is -2.18. The highest BCUT2D eigenvalue weighted by molar-refractivity contribution is 7.99. The molecule has 1 saturated heterocycles. The Morgan fingerprint density at radius 1 is 1.15 bits per heavy atom. The van der Waals surface area contributed by atoms with E-state index in [-0.39, 0.29) is 11.7 Å². The number of hydrogen-bond donors (Lipinski definition) is 1. The fourth-order valence-electron chi connectivity index (χ4n) is 3.01. The SMILES string of the molecule is O=C(NCC1CCN(c2ccc(F)cc2)C1)c1ccc(SC(F)F)cc1. The topological polar surface area (TPSA) is 32.3 Å². The van der Waals surface area contributed by atoms with Gasteiger partial charge in [-0.05, 0) is 60.9 Å². The van der Waals surface area contributed by atoms with Crippen LogP contribution in [0.3, 0.4) is 0 Å². The third-order valence-electron chi connectivity index (χ3n) is 4.37. The van der Waals surface area contributed by atoms with Crippen molar-refractivity contribution in [3.63, 3.8) is 0 Å². The van der Waals surface area contributed by atoms with Gasteiger partial charge in [-0.1, -0.05) is 11.8 Å². The van der Waals surface area contributed by atoms with Gasteiger partial charge in [-0.25, -0.2) is 4.39 Å². The molecule has 1 heterocycles. The number of carbonyl (C=O) groups excluding carboxylic acids is 1. The first-order valence-corrected chi connectivity index (χ1v) is 9.23. The molecule has 1 unspecified atom stereocenters. The van der Waals surface area contributed by atoms with Crippen LogP contribution in [0.2, 0.25) is 0 Å². The highest BCUT2D eigenvalue weighted by atomic mass is 32.2. The molecule has 0 aliphatic carbocycles. The zero-order valence-electron chi connectivity index (χ0n) is 14.0. The van der Waals surface area contributed by atoms with Gasteiger partial charge in [-0.15, -0.1) is 0 Å². The van der Waals surface area contributed by atoms with Gasteiger partial charge >= 0.3 is 0 Å². The van der Waals surface area contributed by atoms with Crippen molar-refractivity contribution in [3.05, 3.63) is 59.9 Å². The van der Waals surface area contributed by atoms with Gasteiger partial charge in [0, 0.05) is 35.8 Å². The van der Waals surface area contributed by atoms with E-state index in [1.54, 1.807) is 24.3 Å². The smallest absolute Gasteiger partial charge is 0.288 e. The average molecular weight is 380 g/mol. The van der Waals surface area contributed by atoms with Gasteiger partial charge in [0.25, 0.3) is 11.7 Å². The highest BCUT2D eigenvalue weighted by Gasteiger charge is 2.23. The summed E-state index contributed by atoms with van der Waals surface area (Å²) in [6.45, 7) is 2.21. The lowest BCUT2D eigenvalue weighted by molar-refractivity contribution is 0.0948. The van der Waals surface area contributed by atoms with Crippen molar-refractivity contribution >= 4 is 23.4 Å². The number of nitrogens with one attached hydrogen (secondary N) is 1. The molecule has 0 radical (unpaired) electrons. The number of thioether (sulfide) groups is 1. The van der Waals surface area contributed by atoms with Gasteiger partial charge in [0.1, 0.15) is 5.82 Å². The van der Waals surface area contributed by atoms with Crippen molar-refractivity contribution in [2.75, 3.05) is 24.5 Å². The zero-order chi connectivity index (χ0) is 18.5. The first-order valence-electron chi connectivity index (χ1n) is 8.35. The van der Waals surface area contributed by atoms with Crippen molar-refractivity contribution in [1.29, 1.82) is 0 Å². The molecule has 0 saturated carbocycles. The van der Waals surface area contributed by atoms with E-state index in [9.17, 15) is 18.0 Å². The van der Waals surface area contributed by atoms with Gasteiger partial charge in [0.05, 0.1) is 0 Å². The van der Waals surface area contributed by atoms with Crippen molar-refractivity contribution in [2.45, 2.75) is 17.1 Å². The Labute approximate surface area is 154 Å². The number of rotatable bonds is 6. The summed E-state index contributed by atoms with van der Waals surface area (Å²) in [7, 11) is 0. The molecule has 0 aromatic heterocycles. The maximum absolute atomic E-state index is 13.0. The first kappa shape index (κ1) is 18.6. The fourth-order valence-corrected chi connectivity index (χ4v) is 3.51. The van der Waals surface area contributed by atoms with Crippen LogP contribution in [0.15, 0.2) is 53.4 Å². The van der Waals surface area contributed by atoms with E-state index in [0.717, 1.165) is 25.2 Å². The molecular weight excluding hydrogens is 361 g/mol. The van der Waals surface area contributed by atoms with E-state index >= 15 is 0 Å². The predicted octanol–water partition coefficient (Wildman–Crippen LogP) is 4.40. The molecule has 138 valence electrons. The van der Waals surface area contributed by atoms with Gasteiger partial charge in [0.2, 0.25) is 0 Å². The summed E-state index contributed by atoms with van der Waals surface area (Å²) in [6.07, 6.45) is 0.946. The molecule has 1 aliphatic rings. The van der Waals surface area contributed by atoms with Crippen molar-refractivity contribution in [2.24, 2.45) is 5.92 Å². The monoisotopic (exact) mass is 380 g/mol. The highest BCUT2D eigenvalue weighted by Crippen LogP contribution is 2.25. The summed E-state index contributed by atoms with van der Waals surface area (Å²) in [5.41, 5.74) is 1.43. The molecular formula is C19H19F3N2OS. The first-order chi connectivity index (χ1) is 12.5. The lowest BCUT2D eigenvalue weighted by Crippen LogP contribution is -2.31. The summed E-state index contributed by atoms with van der Waals surface area (Å²) >= 11 is 0.458. The number of alkyl halides is 2. The minimum Gasteiger partial charge on any atom is -0.371 e. The minimum atomic E-state index is -2.47. The van der Waals surface area contributed by atoms with Crippen molar-refractivity contribution in [3.8, 4) is 0 Å². The summed E-state index contributed by atoms with van der Waals surface area (Å²) in [6, 6.07) is 12.6. The molecule has 1 amide bonds. The maximum Gasteiger partial charge on any atom is 0.288 e. The van der Waals surface area contributed by atoms with Crippen molar-refractivity contribution < 1.29 is 18.0 Å². The molecule has 1 N–H and O–H groups in total. The quantitative estimate of drug-likeness (QED) is 0.754. The number of amides is 1. The number of anilines is 1. The normalized spacial score (nSPS) is 16.9. The Morgan fingerprint density at radius 3 is 2.50 bits per heavy atom. The third-order valence-corrected chi connectivity index (χ3v) is 5.09. The van der Waals surface area contributed by atoms with Gasteiger partial charge in [0.15, 0.2) is 0 Å². The largest absolute Gasteiger partial charge is 0.371 e. The number of carbonyl (C=O) groups is 1. The van der Waals surface area contributed by atoms with E-state index in [4.69, 9.17) is 0 Å². The van der Waals surface area contributed by atoms with Crippen LogP contribution in [0.5, 0.6) is 0 Å². The van der Waals surface area contributed by atoms with E-state index in [0.29, 0.717) is 34.7 Å². The second kappa shape index (κ2) is 8.49. The molecule has 2 aromatic carbocycles. The molecule has 2 aromatic rings. The molecule has 0 spiro atoms. The van der Waals surface area contributed by atoms with Crippen LogP contribution >= 0.6 is 11.8 Å². The van der Waals surface area contributed by atoms with E-state index in [2.05, 4.69) is 10.2 Å². The number of benzene rings is 2. The Kier molecular flexibility index (Phi) is 6.08. The van der Waals surface area contributed by atoms with Crippen LogP contribution in [0.1, 0.15) is 16.8 Å². The number of nitrogens with zero attached hydrogens (tertiary/aromatic N) is 1. The predicted molar refractivity (Wildman–Crippen MR) is 97.4 cm³/mol. The van der Waals surface area contributed by atoms with Gasteiger partial charge in [-0.3, -0.25) is 4.79 Å². The van der Waals surface area contributed by atoms with Crippen LogP contribution in [0, 0.1) is 11.7 Å². The average Bonchev–Trinajstić information content (AvgIpc) is 3.09. The molecule has 3 rings (SSSR count). The molecule has 26 heavy (non-hydrogen) atoms. The van der Waals surface area contributed by atoms with Gasteiger partial charge < -0.3 is 10.2 Å². The van der Waals surface area contributed by atoms with Crippen LogP contribution in [0.4, 0.5) is 18.9 Å². The minimum absolute atomic E-state index is 0.209. The summed E-state index contributed by atoms with van der Waals surface area (Å²) in [4.78, 5) is 14.8. The maximum atomic E-state index is 13.0. The van der Waals surface area contributed by atoms with Gasteiger partial charge in [-0.2, -0.15) is 8.78 Å². The summed E-state index contributed by atoms with van der Waals surface area (Å²) in [5, 5.41) is 2.90. The van der Waals surface area contributed by atoms with Crippen LogP contribution < -0.4 is 10.2 Å². The summed E-state index contributed by atoms with van der Waals surface area (Å²) < 4.78 is 37.6. The van der Waals surface area contributed by atoms with Crippen LogP contribution in [-0.4, -0.2) is 31.3 Å². The second-order valence-corrected chi connectivity index (χ2v) is 7.25. The Balaban J connectivity index is 1.48. The number of hydrogen-bond acceptors (Lipinski definition) is 3. The molecule has 1 atom stereocenters. The van der Waals surface area contributed by atoms with Crippen LogP contribution in [-0.2, 0) is 0 Å². The molecule has 7 heteroatoms. The van der Waals surface area contributed by atoms with Crippen molar-refractivity contribution in [1.82, 2.24) is 5.32 Å². The van der Waals surface area contributed by atoms with Crippen LogP contribution in [0.25, 0.3) is 0 Å².